The normalized spacial score (nSPS) is 11.0. The van der Waals surface area contributed by atoms with Gasteiger partial charge in [-0.3, -0.25) is 14.4 Å². The van der Waals surface area contributed by atoms with Crippen molar-refractivity contribution in [1.82, 2.24) is 15.6 Å². The minimum absolute atomic E-state index is 0.0671. The van der Waals surface area contributed by atoms with Gasteiger partial charge in [-0.05, 0) is 61.9 Å². The number of nitrogens with zero attached hydrogens (tertiary/aromatic N) is 2. The fourth-order valence-corrected chi connectivity index (χ4v) is 4.85. The van der Waals surface area contributed by atoms with E-state index in [0.717, 1.165) is 22.2 Å². The molecule has 0 aliphatic carbocycles. The highest BCUT2D eigenvalue weighted by Gasteiger charge is 2.21. The van der Waals surface area contributed by atoms with Crippen LogP contribution < -0.4 is 20.3 Å². The van der Waals surface area contributed by atoms with Crippen molar-refractivity contribution in [2.75, 3.05) is 25.0 Å². The van der Waals surface area contributed by atoms with Gasteiger partial charge in [0.05, 0.1) is 17.3 Å². The van der Waals surface area contributed by atoms with E-state index in [1.807, 2.05) is 44.2 Å². The molecule has 0 fully saturated rings. The number of amides is 3. The van der Waals surface area contributed by atoms with Gasteiger partial charge in [0.25, 0.3) is 5.91 Å². The highest BCUT2D eigenvalue weighted by molar-refractivity contribution is 6.38. The van der Waals surface area contributed by atoms with Gasteiger partial charge in [-0.2, -0.15) is 0 Å². The van der Waals surface area contributed by atoms with Crippen LogP contribution in [-0.2, 0) is 16.2 Å². The average molecular weight is 606 g/mol. The fraction of sp³-hybridized carbons (Fsp3) is 0.188. The average Bonchev–Trinajstić information content (AvgIpc) is 3.00. The maximum absolute atomic E-state index is 13.1. The van der Waals surface area contributed by atoms with Gasteiger partial charge in [-0.1, -0.05) is 53.5 Å². The quantitative estimate of drug-likeness (QED) is 0.217. The summed E-state index contributed by atoms with van der Waals surface area (Å²) in [7, 11) is 1.56. The molecule has 0 atom stereocenters. The highest BCUT2D eigenvalue weighted by Crippen LogP contribution is 2.35. The number of aryl methyl sites for hydroxylation is 1. The summed E-state index contributed by atoms with van der Waals surface area (Å²) >= 11 is 13.3. The molecule has 0 unspecified atom stereocenters. The van der Waals surface area contributed by atoms with E-state index < -0.39 is 5.91 Å². The molecular weight excluding hydrogens is 575 g/mol. The molecule has 0 radical (unpaired) electrons. The number of likely N-dealkylation sites (N-methyl/N-ethyl adjacent to an activating group) is 1. The first-order valence-corrected chi connectivity index (χ1v) is 14.0. The SMILES string of the molecule is CCN(C(=O)CNC(=O)/C=C/c1ccc(C(=O)NC)cc1)c1ccc(Cl)c(COc2cccc3ccc(C)nc23)c1Cl. The summed E-state index contributed by atoms with van der Waals surface area (Å²) in [5.74, 6) is -0.390. The number of hydrogen-bond acceptors (Lipinski definition) is 5. The zero-order valence-corrected chi connectivity index (χ0v) is 24.9. The standard InChI is InChI=1S/C32H30Cl2N4O4/c1-4-38(29(40)18-36-28(39)17-11-21-9-13-23(14-10-21)32(41)35-3)26-16-15-25(33)24(30(26)34)19-42-27-7-5-6-22-12-8-20(2)37-31(22)27/h5-17H,4,18-19H2,1-3H3,(H,35,41)(H,36,39)/b17-11+. The van der Waals surface area contributed by atoms with Gasteiger partial charge >= 0.3 is 0 Å². The Balaban J connectivity index is 1.42. The third-order valence-corrected chi connectivity index (χ3v) is 7.28. The number of nitrogens with one attached hydrogen (secondary N) is 2. The summed E-state index contributed by atoms with van der Waals surface area (Å²) in [6.07, 6.45) is 2.92. The van der Waals surface area contributed by atoms with Crippen molar-refractivity contribution in [3.63, 3.8) is 0 Å². The van der Waals surface area contributed by atoms with Gasteiger partial charge in [0.15, 0.2) is 0 Å². The van der Waals surface area contributed by atoms with Crippen LogP contribution in [0.25, 0.3) is 17.0 Å². The first-order chi connectivity index (χ1) is 20.2. The van der Waals surface area contributed by atoms with Crippen LogP contribution in [0.5, 0.6) is 5.75 Å². The molecule has 1 heterocycles. The number of anilines is 1. The molecule has 4 rings (SSSR count). The van der Waals surface area contributed by atoms with Gasteiger partial charge in [0.2, 0.25) is 11.8 Å². The van der Waals surface area contributed by atoms with Crippen molar-refractivity contribution in [3.05, 3.63) is 105 Å². The topological polar surface area (TPSA) is 101 Å². The van der Waals surface area contributed by atoms with Crippen LogP contribution in [0.3, 0.4) is 0 Å². The van der Waals surface area contributed by atoms with Crippen LogP contribution in [0.4, 0.5) is 5.69 Å². The zero-order chi connectivity index (χ0) is 30.2. The van der Waals surface area contributed by atoms with E-state index in [2.05, 4.69) is 15.6 Å². The second-order valence-electron chi connectivity index (χ2n) is 9.32. The van der Waals surface area contributed by atoms with Crippen molar-refractivity contribution in [2.24, 2.45) is 0 Å². The van der Waals surface area contributed by atoms with Gasteiger partial charge in [0.1, 0.15) is 17.9 Å². The van der Waals surface area contributed by atoms with Crippen molar-refractivity contribution in [3.8, 4) is 5.75 Å². The number of halogens is 2. The van der Waals surface area contributed by atoms with Crippen molar-refractivity contribution >= 4 is 63.6 Å². The first kappa shape index (κ1) is 30.6. The van der Waals surface area contributed by atoms with Gasteiger partial charge < -0.3 is 20.3 Å². The lowest BCUT2D eigenvalue weighted by atomic mass is 10.1. The minimum atomic E-state index is -0.440. The fourth-order valence-electron chi connectivity index (χ4n) is 4.27. The number of para-hydroxylation sites is 1. The Labute approximate surface area is 254 Å². The number of carbonyl (C=O) groups excluding carboxylic acids is 3. The molecule has 0 bridgehead atoms. The molecule has 0 aliphatic rings. The largest absolute Gasteiger partial charge is 0.487 e. The molecule has 4 aromatic rings. The van der Waals surface area contributed by atoms with Gasteiger partial charge in [0, 0.05) is 46.9 Å². The Kier molecular flexibility index (Phi) is 10.2. The molecule has 1 aromatic heterocycles. The van der Waals surface area contributed by atoms with E-state index in [0.29, 0.717) is 34.1 Å². The molecule has 2 N–H and O–H groups in total. The molecule has 0 aliphatic heterocycles. The van der Waals surface area contributed by atoms with E-state index in [4.69, 9.17) is 27.9 Å². The van der Waals surface area contributed by atoms with Crippen LogP contribution in [0.2, 0.25) is 10.0 Å². The third kappa shape index (κ3) is 7.26. The minimum Gasteiger partial charge on any atom is -0.487 e. The van der Waals surface area contributed by atoms with Crippen LogP contribution in [-0.4, -0.2) is 42.8 Å². The number of ether oxygens (including phenoxy) is 1. The first-order valence-electron chi connectivity index (χ1n) is 13.3. The van der Waals surface area contributed by atoms with Gasteiger partial charge in [-0.15, -0.1) is 0 Å². The number of benzene rings is 3. The molecule has 3 amide bonds. The Morgan fingerprint density at radius 2 is 1.76 bits per heavy atom. The number of hydrogen-bond donors (Lipinski definition) is 2. The highest BCUT2D eigenvalue weighted by atomic mass is 35.5. The maximum Gasteiger partial charge on any atom is 0.251 e. The van der Waals surface area contributed by atoms with Crippen LogP contribution in [0.15, 0.2) is 72.8 Å². The summed E-state index contributed by atoms with van der Waals surface area (Å²) in [5, 5.41) is 6.79. The lowest BCUT2D eigenvalue weighted by Gasteiger charge is -2.24. The van der Waals surface area contributed by atoms with E-state index in [1.165, 1.54) is 11.0 Å². The van der Waals surface area contributed by atoms with Gasteiger partial charge in [-0.25, -0.2) is 4.98 Å². The molecule has 8 nitrogen and oxygen atoms in total. The molecule has 42 heavy (non-hydrogen) atoms. The number of rotatable bonds is 10. The third-order valence-electron chi connectivity index (χ3n) is 6.51. The molecule has 0 saturated heterocycles. The Hall–Kier alpha value is -4.40. The van der Waals surface area contributed by atoms with Crippen molar-refractivity contribution in [1.29, 1.82) is 0 Å². The number of aromatic nitrogens is 1. The monoisotopic (exact) mass is 604 g/mol. The Morgan fingerprint density at radius 1 is 1.00 bits per heavy atom. The summed E-state index contributed by atoms with van der Waals surface area (Å²) in [4.78, 5) is 43.2. The smallest absolute Gasteiger partial charge is 0.251 e. The van der Waals surface area contributed by atoms with Crippen LogP contribution in [0.1, 0.15) is 34.1 Å². The van der Waals surface area contributed by atoms with Crippen molar-refractivity contribution in [2.45, 2.75) is 20.5 Å². The predicted molar refractivity (Wildman–Crippen MR) is 167 cm³/mol. The maximum atomic E-state index is 13.1. The number of pyridine rings is 1. The zero-order valence-electron chi connectivity index (χ0n) is 23.4. The molecular formula is C32H30Cl2N4O4. The van der Waals surface area contributed by atoms with E-state index in [1.54, 1.807) is 49.5 Å². The molecule has 0 saturated carbocycles. The summed E-state index contributed by atoms with van der Waals surface area (Å²) in [5.41, 5.74) is 3.84. The van der Waals surface area contributed by atoms with E-state index >= 15 is 0 Å². The molecule has 3 aromatic carbocycles. The second kappa shape index (κ2) is 14.0. The summed E-state index contributed by atoms with van der Waals surface area (Å²) in [6, 6.07) is 19.7. The number of fused-ring (bicyclic) bond motifs is 1. The molecule has 10 heteroatoms. The lowest BCUT2D eigenvalue weighted by molar-refractivity contribution is -0.122. The molecule has 0 spiro atoms. The Bertz CT molecular complexity index is 1650. The molecule has 216 valence electrons. The predicted octanol–water partition coefficient (Wildman–Crippen LogP) is 5.97. The summed E-state index contributed by atoms with van der Waals surface area (Å²) in [6.45, 7) is 3.87. The van der Waals surface area contributed by atoms with Crippen LogP contribution in [0, 0.1) is 6.92 Å². The van der Waals surface area contributed by atoms with E-state index in [-0.39, 0.29) is 30.0 Å². The Morgan fingerprint density at radius 3 is 2.48 bits per heavy atom. The second-order valence-corrected chi connectivity index (χ2v) is 10.1. The number of carbonyl (C=O) groups is 3. The van der Waals surface area contributed by atoms with Crippen molar-refractivity contribution < 1.29 is 19.1 Å². The van der Waals surface area contributed by atoms with E-state index in [9.17, 15) is 14.4 Å². The van der Waals surface area contributed by atoms with Crippen LogP contribution >= 0.6 is 23.2 Å². The lowest BCUT2D eigenvalue weighted by Crippen LogP contribution is -2.40. The summed E-state index contributed by atoms with van der Waals surface area (Å²) < 4.78 is 6.10.